The predicted octanol–water partition coefficient (Wildman–Crippen LogP) is 3.53. The van der Waals surface area contributed by atoms with Gasteiger partial charge in [-0.05, 0) is 42.2 Å². The normalized spacial score (nSPS) is 12.9. The van der Waals surface area contributed by atoms with E-state index in [0.717, 1.165) is 5.56 Å². The molecule has 110 valence electrons. The number of carbonyl (C=O) groups is 1. The lowest BCUT2D eigenvalue weighted by Gasteiger charge is -2.20. The van der Waals surface area contributed by atoms with Gasteiger partial charge in [0.05, 0.1) is 0 Å². The Hall–Kier alpha value is -1.03. The van der Waals surface area contributed by atoms with E-state index >= 15 is 0 Å². The second kappa shape index (κ2) is 8.30. The summed E-state index contributed by atoms with van der Waals surface area (Å²) in [5.74, 6) is 0.0633. The average Bonchev–Trinajstić information content (AvgIpc) is 2.34. The van der Waals surface area contributed by atoms with E-state index in [9.17, 15) is 4.79 Å². The maximum absolute atomic E-state index is 11.8. The molecule has 0 heterocycles. The molecule has 1 atom stereocenters. The topological polar surface area (TPSA) is 49.3 Å². The summed E-state index contributed by atoms with van der Waals surface area (Å²) < 4.78 is 0. The molecule has 0 saturated carbocycles. The van der Waals surface area contributed by atoms with E-state index in [1.807, 2.05) is 13.8 Å². The highest BCUT2D eigenvalue weighted by Gasteiger charge is 2.13. The van der Waals surface area contributed by atoms with Crippen molar-refractivity contribution in [2.75, 3.05) is 6.61 Å². The van der Waals surface area contributed by atoms with Crippen LogP contribution >= 0.6 is 23.2 Å². The summed E-state index contributed by atoms with van der Waals surface area (Å²) in [6.07, 6.45) is 3.64. The molecule has 0 aliphatic rings. The Morgan fingerprint density at radius 2 is 1.90 bits per heavy atom. The van der Waals surface area contributed by atoms with Crippen LogP contribution in [-0.4, -0.2) is 23.7 Å². The number of carbonyl (C=O) groups excluding carboxylic acids is 1. The number of benzene rings is 1. The van der Waals surface area contributed by atoms with Gasteiger partial charge in [0.25, 0.3) is 0 Å². The molecule has 0 aliphatic carbocycles. The van der Waals surface area contributed by atoms with E-state index in [1.54, 1.807) is 24.3 Å². The molecule has 1 aromatic carbocycles. The van der Waals surface area contributed by atoms with E-state index in [0.29, 0.717) is 16.5 Å². The van der Waals surface area contributed by atoms with Gasteiger partial charge < -0.3 is 10.4 Å². The maximum atomic E-state index is 11.8. The largest absolute Gasteiger partial charge is 0.396 e. The summed E-state index contributed by atoms with van der Waals surface area (Å²) in [5, 5.41) is 12.9. The molecule has 0 aliphatic heterocycles. The third-order valence-corrected chi connectivity index (χ3v) is 3.32. The van der Waals surface area contributed by atoms with Gasteiger partial charge >= 0.3 is 0 Å². The monoisotopic (exact) mass is 315 g/mol. The van der Waals surface area contributed by atoms with Gasteiger partial charge in [-0.2, -0.15) is 0 Å². The fraction of sp³-hybridized carbons (Fsp3) is 0.400. The average molecular weight is 316 g/mol. The molecule has 0 fully saturated rings. The van der Waals surface area contributed by atoms with Gasteiger partial charge in [-0.3, -0.25) is 4.79 Å². The lowest BCUT2D eigenvalue weighted by molar-refractivity contribution is -0.117. The van der Waals surface area contributed by atoms with Crippen LogP contribution in [0.5, 0.6) is 0 Å². The first-order valence-corrected chi connectivity index (χ1v) is 7.23. The standard InChI is InChI=1S/C15H19Cl2NO2/c1-10(2)14(5-6-19)18-15(20)4-3-11-7-12(16)9-13(17)8-11/h3-4,7-10,14,19H,5-6H2,1-2H3,(H,18,20)/b4-3+. The molecular formula is C15H19Cl2NO2. The second-order valence-corrected chi connectivity index (χ2v) is 5.78. The van der Waals surface area contributed by atoms with Crippen LogP contribution in [0.25, 0.3) is 6.08 Å². The van der Waals surface area contributed by atoms with Crippen LogP contribution < -0.4 is 5.32 Å². The number of aliphatic hydroxyl groups excluding tert-OH is 1. The van der Waals surface area contributed by atoms with Crippen molar-refractivity contribution in [3.8, 4) is 0 Å². The smallest absolute Gasteiger partial charge is 0.244 e. The third-order valence-electron chi connectivity index (χ3n) is 2.88. The summed E-state index contributed by atoms with van der Waals surface area (Å²) in [4.78, 5) is 11.8. The number of halogens is 2. The lowest BCUT2D eigenvalue weighted by Crippen LogP contribution is -2.38. The van der Waals surface area contributed by atoms with Crippen LogP contribution in [0.3, 0.4) is 0 Å². The molecule has 5 heteroatoms. The zero-order valence-electron chi connectivity index (χ0n) is 11.6. The number of amides is 1. The number of aliphatic hydroxyl groups is 1. The molecule has 1 unspecified atom stereocenters. The van der Waals surface area contributed by atoms with Gasteiger partial charge in [0, 0.05) is 28.8 Å². The lowest BCUT2D eigenvalue weighted by atomic mass is 10.0. The fourth-order valence-electron chi connectivity index (χ4n) is 1.79. The first kappa shape index (κ1) is 17.0. The van der Waals surface area contributed by atoms with Crippen molar-refractivity contribution in [2.24, 2.45) is 5.92 Å². The summed E-state index contributed by atoms with van der Waals surface area (Å²) >= 11 is 11.8. The van der Waals surface area contributed by atoms with E-state index in [4.69, 9.17) is 28.3 Å². The zero-order chi connectivity index (χ0) is 15.1. The fourth-order valence-corrected chi connectivity index (χ4v) is 2.33. The van der Waals surface area contributed by atoms with Crippen molar-refractivity contribution in [1.82, 2.24) is 5.32 Å². The molecule has 1 rings (SSSR count). The minimum absolute atomic E-state index is 0.0416. The zero-order valence-corrected chi connectivity index (χ0v) is 13.1. The Morgan fingerprint density at radius 3 is 2.40 bits per heavy atom. The Morgan fingerprint density at radius 1 is 1.30 bits per heavy atom. The molecule has 0 aromatic heterocycles. The van der Waals surface area contributed by atoms with Crippen LogP contribution in [0.4, 0.5) is 0 Å². The van der Waals surface area contributed by atoms with Gasteiger partial charge in [-0.15, -0.1) is 0 Å². The summed E-state index contributed by atoms with van der Waals surface area (Å²) in [6.45, 7) is 4.05. The Labute approximate surface area is 129 Å². The van der Waals surface area contributed by atoms with Gasteiger partial charge in [0.2, 0.25) is 5.91 Å². The Balaban J connectivity index is 2.67. The van der Waals surface area contributed by atoms with Crippen molar-refractivity contribution in [1.29, 1.82) is 0 Å². The SMILES string of the molecule is CC(C)C(CCO)NC(=O)/C=C/c1cc(Cl)cc(Cl)c1. The summed E-state index contributed by atoms with van der Waals surface area (Å²) in [7, 11) is 0. The summed E-state index contributed by atoms with van der Waals surface area (Å²) in [5.41, 5.74) is 0.765. The minimum atomic E-state index is -0.201. The van der Waals surface area contributed by atoms with Crippen LogP contribution in [0.2, 0.25) is 10.0 Å². The van der Waals surface area contributed by atoms with Crippen molar-refractivity contribution < 1.29 is 9.90 Å². The Kier molecular flexibility index (Phi) is 7.06. The third kappa shape index (κ3) is 5.95. The van der Waals surface area contributed by atoms with E-state index in [-0.39, 0.29) is 24.5 Å². The molecule has 1 amide bonds. The van der Waals surface area contributed by atoms with Crippen molar-refractivity contribution in [3.05, 3.63) is 39.9 Å². The quantitative estimate of drug-likeness (QED) is 0.789. The number of hydrogen-bond donors (Lipinski definition) is 2. The van der Waals surface area contributed by atoms with Gasteiger partial charge in [0.15, 0.2) is 0 Å². The van der Waals surface area contributed by atoms with E-state index in [1.165, 1.54) is 6.08 Å². The highest BCUT2D eigenvalue weighted by molar-refractivity contribution is 6.34. The number of nitrogens with one attached hydrogen (secondary N) is 1. The van der Waals surface area contributed by atoms with Gasteiger partial charge in [-0.25, -0.2) is 0 Å². The van der Waals surface area contributed by atoms with Crippen molar-refractivity contribution >= 4 is 35.2 Å². The highest BCUT2D eigenvalue weighted by Crippen LogP contribution is 2.19. The number of hydrogen-bond acceptors (Lipinski definition) is 2. The molecule has 0 bridgehead atoms. The van der Waals surface area contributed by atoms with Crippen molar-refractivity contribution in [3.63, 3.8) is 0 Å². The highest BCUT2D eigenvalue weighted by atomic mass is 35.5. The maximum Gasteiger partial charge on any atom is 0.244 e. The molecule has 3 nitrogen and oxygen atoms in total. The molecule has 0 spiro atoms. The van der Waals surface area contributed by atoms with Gasteiger partial charge in [-0.1, -0.05) is 37.0 Å². The van der Waals surface area contributed by atoms with Crippen molar-refractivity contribution in [2.45, 2.75) is 26.3 Å². The minimum Gasteiger partial charge on any atom is -0.396 e. The molecule has 2 N–H and O–H groups in total. The summed E-state index contributed by atoms with van der Waals surface area (Å²) in [6, 6.07) is 5.05. The molecule has 20 heavy (non-hydrogen) atoms. The molecule has 0 radical (unpaired) electrons. The molecular weight excluding hydrogens is 297 g/mol. The van der Waals surface area contributed by atoms with Crippen LogP contribution in [-0.2, 0) is 4.79 Å². The van der Waals surface area contributed by atoms with Crippen LogP contribution in [0.1, 0.15) is 25.8 Å². The molecule has 0 saturated heterocycles. The van der Waals surface area contributed by atoms with E-state index in [2.05, 4.69) is 5.32 Å². The first-order chi connectivity index (χ1) is 9.42. The molecule has 1 aromatic rings. The van der Waals surface area contributed by atoms with E-state index < -0.39 is 0 Å². The Bertz CT molecular complexity index is 467. The second-order valence-electron chi connectivity index (χ2n) is 4.91. The van der Waals surface area contributed by atoms with Crippen LogP contribution in [0.15, 0.2) is 24.3 Å². The first-order valence-electron chi connectivity index (χ1n) is 6.48. The number of rotatable bonds is 6. The predicted molar refractivity (Wildman–Crippen MR) is 84.0 cm³/mol. The van der Waals surface area contributed by atoms with Gasteiger partial charge in [0.1, 0.15) is 0 Å². The van der Waals surface area contributed by atoms with Crippen LogP contribution in [0, 0.1) is 5.92 Å².